The molecule has 0 bridgehead atoms. The van der Waals surface area contributed by atoms with Crippen molar-refractivity contribution in [3.63, 3.8) is 0 Å². The van der Waals surface area contributed by atoms with Crippen molar-refractivity contribution in [3.05, 3.63) is 34.9 Å². The van der Waals surface area contributed by atoms with Gasteiger partial charge in [-0.3, -0.25) is 4.79 Å². The summed E-state index contributed by atoms with van der Waals surface area (Å²) in [6.45, 7) is 8.45. The van der Waals surface area contributed by atoms with E-state index in [0.717, 1.165) is 5.56 Å². The Labute approximate surface area is 120 Å². The minimum atomic E-state index is -0.457. The maximum atomic E-state index is 12.4. The lowest BCUT2D eigenvalue weighted by Crippen LogP contribution is -2.48. The summed E-state index contributed by atoms with van der Waals surface area (Å²) in [6, 6.07) is 7.22. The quantitative estimate of drug-likeness (QED) is 0.902. The molecule has 1 rings (SSSR count). The predicted molar refractivity (Wildman–Crippen MR) is 80.0 cm³/mol. The highest BCUT2D eigenvalue weighted by Gasteiger charge is 2.25. The number of amides is 1. The van der Waals surface area contributed by atoms with Crippen molar-refractivity contribution >= 4 is 17.5 Å². The highest BCUT2D eigenvalue weighted by Crippen LogP contribution is 2.16. The minimum Gasteiger partial charge on any atom is -0.335 e. The molecule has 0 saturated carbocycles. The first-order chi connectivity index (χ1) is 8.82. The molecule has 1 amide bonds. The van der Waals surface area contributed by atoms with Crippen LogP contribution < -0.4 is 5.73 Å². The molecule has 1 aromatic carbocycles. The molecule has 0 saturated heterocycles. The molecule has 0 heterocycles. The lowest BCUT2D eigenvalue weighted by atomic mass is 10.0. The standard InChI is InChI=1S/C15H23ClN2O/c1-10(2)14(17)15(19)18(11(3)4)9-12-6-5-7-13(16)8-12/h5-8,10-11,14H,9,17H2,1-4H3. The van der Waals surface area contributed by atoms with Crippen molar-refractivity contribution in [2.75, 3.05) is 0 Å². The second kappa shape index (κ2) is 6.92. The van der Waals surface area contributed by atoms with Gasteiger partial charge in [-0.05, 0) is 37.5 Å². The van der Waals surface area contributed by atoms with Gasteiger partial charge in [-0.25, -0.2) is 0 Å². The SMILES string of the molecule is CC(C)C(N)C(=O)N(Cc1cccc(Cl)c1)C(C)C. The molecular formula is C15H23ClN2O. The fraction of sp³-hybridized carbons (Fsp3) is 0.533. The second-order valence-electron chi connectivity index (χ2n) is 5.46. The van der Waals surface area contributed by atoms with E-state index in [-0.39, 0.29) is 17.9 Å². The Hall–Kier alpha value is -1.06. The first-order valence-corrected chi connectivity index (χ1v) is 7.01. The van der Waals surface area contributed by atoms with E-state index in [9.17, 15) is 4.79 Å². The lowest BCUT2D eigenvalue weighted by Gasteiger charge is -2.30. The maximum absolute atomic E-state index is 12.4. The summed E-state index contributed by atoms with van der Waals surface area (Å²) in [5.74, 6) is 0.123. The molecule has 1 aromatic rings. The summed E-state index contributed by atoms with van der Waals surface area (Å²) in [5.41, 5.74) is 6.98. The summed E-state index contributed by atoms with van der Waals surface area (Å²) in [4.78, 5) is 14.2. The van der Waals surface area contributed by atoms with E-state index in [1.54, 1.807) is 4.90 Å². The van der Waals surface area contributed by atoms with E-state index in [0.29, 0.717) is 11.6 Å². The van der Waals surface area contributed by atoms with Gasteiger partial charge in [0.25, 0.3) is 0 Å². The average molecular weight is 283 g/mol. The molecule has 4 heteroatoms. The molecule has 1 unspecified atom stereocenters. The van der Waals surface area contributed by atoms with Gasteiger partial charge in [0.05, 0.1) is 6.04 Å². The molecule has 0 aliphatic heterocycles. The van der Waals surface area contributed by atoms with Crippen LogP contribution in [-0.2, 0) is 11.3 Å². The van der Waals surface area contributed by atoms with Crippen molar-refractivity contribution in [2.24, 2.45) is 11.7 Å². The Balaban J connectivity index is 2.87. The van der Waals surface area contributed by atoms with Crippen molar-refractivity contribution in [1.29, 1.82) is 0 Å². The molecule has 0 aliphatic rings. The summed E-state index contributed by atoms with van der Waals surface area (Å²) < 4.78 is 0. The number of nitrogens with two attached hydrogens (primary N) is 1. The molecule has 0 radical (unpaired) electrons. The smallest absolute Gasteiger partial charge is 0.240 e. The van der Waals surface area contributed by atoms with Crippen LogP contribution >= 0.6 is 11.6 Å². The van der Waals surface area contributed by atoms with Crippen molar-refractivity contribution in [3.8, 4) is 0 Å². The molecule has 0 aliphatic carbocycles. The first kappa shape index (κ1) is 16.0. The molecule has 3 nitrogen and oxygen atoms in total. The Kier molecular flexibility index (Phi) is 5.83. The van der Waals surface area contributed by atoms with E-state index in [2.05, 4.69) is 0 Å². The van der Waals surface area contributed by atoms with Crippen molar-refractivity contribution in [2.45, 2.75) is 46.3 Å². The van der Waals surface area contributed by atoms with Gasteiger partial charge in [0.1, 0.15) is 0 Å². The highest BCUT2D eigenvalue weighted by atomic mass is 35.5. The van der Waals surface area contributed by atoms with E-state index < -0.39 is 6.04 Å². The number of halogens is 1. The van der Waals surface area contributed by atoms with E-state index in [4.69, 9.17) is 17.3 Å². The zero-order chi connectivity index (χ0) is 14.6. The van der Waals surface area contributed by atoms with Crippen molar-refractivity contribution in [1.82, 2.24) is 4.90 Å². The lowest BCUT2D eigenvalue weighted by molar-refractivity contribution is -0.136. The Morgan fingerprint density at radius 3 is 2.42 bits per heavy atom. The first-order valence-electron chi connectivity index (χ1n) is 6.63. The molecule has 2 N–H and O–H groups in total. The number of nitrogens with zero attached hydrogens (tertiary/aromatic N) is 1. The van der Waals surface area contributed by atoms with Gasteiger partial charge in [-0.2, -0.15) is 0 Å². The molecule has 106 valence electrons. The van der Waals surface area contributed by atoms with Gasteiger partial charge in [0.2, 0.25) is 5.91 Å². The minimum absolute atomic E-state index is 0.00928. The van der Waals surface area contributed by atoms with Crippen LogP contribution in [0.3, 0.4) is 0 Å². The van der Waals surface area contributed by atoms with Crippen LogP contribution in [0.1, 0.15) is 33.3 Å². The van der Waals surface area contributed by atoms with Gasteiger partial charge in [-0.15, -0.1) is 0 Å². The fourth-order valence-electron chi connectivity index (χ4n) is 1.82. The summed E-state index contributed by atoms with van der Waals surface area (Å²) in [6.07, 6.45) is 0. The second-order valence-corrected chi connectivity index (χ2v) is 5.90. The van der Waals surface area contributed by atoms with Gasteiger partial charge in [0.15, 0.2) is 0 Å². The van der Waals surface area contributed by atoms with E-state index in [1.165, 1.54) is 0 Å². The maximum Gasteiger partial charge on any atom is 0.240 e. The molecule has 0 fully saturated rings. The monoisotopic (exact) mass is 282 g/mol. The van der Waals surface area contributed by atoms with E-state index >= 15 is 0 Å². The zero-order valence-corrected chi connectivity index (χ0v) is 12.8. The largest absolute Gasteiger partial charge is 0.335 e. The molecule has 1 atom stereocenters. The molecule has 0 spiro atoms. The van der Waals surface area contributed by atoms with Gasteiger partial charge < -0.3 is 10.6 Å². The Bertz CT molecular complexity index is 432. The third-order valence-corrected chi connectivity index (χ3v) is 3.39. The number of hydrogen-bond acceptors (Lipinski definition) is 2. The molecule has 19 heavy (non-hydrogen) atoms. The van der Waals surface area contributed by atoms with Gasteiger partial charge >= 0.3 is 0 Å². The third-order valence-electron chi connectivity index (χ3n) is 3.15. The third kappa shape index (κ3) is 4.51. The molecular weight excluding hydrogens is 260 g/mol. The normalized spacial score (nSPS) is 12.8. The van der Waals surface area contributed by atoms with E-state index in [1.807, 2.05) is 52.0 Å². The summed E-state index contributed by atoms with van der Waals surface area (Å²) in [7, 11) is 0. The van der Waals surface area contributed by atoms with Crippen LogP contribution in [0.15, 0.2) is 24.3 Å². The predicted octanol–water partition coefficient (Wildman–Crippen LogP) is 3.06. The Morgan fingerprint density at radius 1 is 1.32 bits per heavy atom. The zero-order valence-electron chi connectivity index (χ0n) is 12.1. The fourth-order valence-corrected chi connectivity index (χ4v) is 2.04. The number of rotatable bonds is 5. The molecule has 0 aromatic heterocycles. The van der Waals surface area contributed by atoms with Crippen LogP contribution in [-0.4, -0.2) is 22.9 Å². The van der Waals surface area contributed by atoms with Crippen LogP contribution in [0.2, 0.25) is 5.02 Å². The van der Waals surface area contributed by atoms with Gasteiger partial charge in [-0.1, -0.05) is 37.6 Å². The van der Waals surface area contributed by atoms with Crippen LogP contribution in [0.4, 0.5) is 0 Å². The van der Waals surface area contributed by atoms with Crippen LogP contribution in [0.25, 0.3) is 0 Å². The average Bonchev–Trinajstić information content (AvgIpc) is 2.33. The topological polar surface area (TPSA) is 46.3 Å². The van der Waals surface area contributed by atoms with Crippen molar-refractivity contribution < 1.29 is 4.79 Å². The van der Waals surface area contributed by atoms with Crippen LogP contribution in [0, 0.1) is 5.92 Å². The number of carbonyl (C=O) groups excluding carboxylic acids is 1. The van der Waals surface area contributed by atoms with Crippen LogP contribution in [0.5, 0.6) is 0 Å². The Morgan fingerprint density at radius 2 is 1.95 bits per heavy atom. The number of hydrogen-bond donors (Lipinski definition) is 1. The number of benzene rings is 1. The van der Waals surface area contributed by atoms with Gasteiger partial charge in [0, 0.05) is 17.6 Å². The summed E-state index contributed by atoms with van der Waals surface area (Å²) in [5, 5.41) is 0.682. The summed E-state index contributed by atoms with van der Waals surface area (Å²) >= 11 is 5.97. The highest BCUT2D eigenvalue weighted by molar-refractivity contribution is 6.30. The number of carbonyl (C=O) groups is 1.